The zero-order chi connectivity index (χ0) is 21.9. The minimum Gasteiger partial charge on any atom is -0.0843 e. The lowest BCUT2D eigenvalue weighted by molar-refractivity contribution is 1.64. The minimum absolute atomic E-state index is 0.704. The molecule has 5 aromatic carbocycles. The standard InChI is InChI=1S/C30H16Cl2/c31-23-15-9-21(10-16-23)13-19-29-25-5-1-2-6-26(25)30(28-8-4-3-7-27(28)29)20-14-22-11-17-24(32)18-12-22/h1-12,15-18H. The second kappa shape index (κ2) is 8.82. The van der Waals surface area contributed by atoms with Gasteiger partial charge in [-0.25, -0.2) is 0 Å². The summed E-state index contributed by atoms with van der Waals surface area (Å²) in [5.41, 5.74) is 3.86. The van der Waals surface area contributed by atoms with Crippen LogP contribution in [0.5, 0.6) is 0 Å². The first kappa shape index (κ1) is 20.2. The van der Waals surface area contributed by atoms with E-state index in [9.17, 15) is 0 Å². The van der Waals surface area contributed by atoms with Gasteiger partial charge in [0.05, 0.1) is 0 Å². The van der Waals surface area contributed by atoms with Crippen LogP contribution in [-0.2, 0) is 0 Å². The predicted octanol–water partition coefficient (Wildman–Crippen LogP) is 8.10. The molecule has 0 atom stereocenters. The first-order valence-electron chi connectivity index (χ1n) is 10.2. The minimum atomic E-state index is 0.704. The van der Waals surface area contributed by atoms with Gasteiger partial charge in [-0.3, -0.25) is 0 Å². The molecular weight excluding hydrogens is 431 g/mol. The van der Waals surface area contributed by atoms with Crippen molar-refractivity contribution in [2.24, 2.45) is 0 Å². The van der Waals surface area contributed by atoms with Crippen molar-refractivity contribution in [3.63, 3.8) is 0 Å². The smallest absolute Gasteiger partial charge is 0.0406 e. The Hall–Kier alpha value is -3.68. The third kappa shape index (κ3) is 4.08. The summed E-state index contributed by atoms with van der Waals surface area (Å²) in [7, 11) is 0. The van der Waals surface area contributed by atoms with Crippen molar-refractivity contribution in [1.82, 2.24) is 0 Å². The highest BCUT2D eigenvalue weighted by Crippen LogP contribution is 2.32. The van der Waals surface area contributed by atoms with E-state index >= 15 is 0 Å². The van der Waals surface area contributed by atoms with Crippen molar-refractivity contribution >= 4 is 44.7 Å². The molecule has 0 nitrogen and oxygen atoms in total. The Morgan fingerprint density at radius 1 is 0.375 bits per heavy atom. The van der Waals surface area contributed by atoms with Crippen LogP contribution in [0.2, 0.25) is 10.0 Å². The number of hydrogen-bond donors (Lipinski definition) is 0. The van der Waals surface area contributed by atoms with E-state index in [2.05, 4.69) is 47.9 Å². The Morgan fingerprint density at radius 3 is 1.00 bits per heavy atom. The summed E-state index contributed by atoms with van der Waals surface area (Å²) in [6, 6.07) is 31.8. The van der Waals surface area contributed by atoms with E-state index in [0.29, 0.717) is 10.0 Å². The number of fused-ring (bicyclic) bond motifs is 2. The van der Waals surface area contributed by atoms with E-state index in [4.69, 9.17) is 23.2 Å². The monoisotopic (exact) mass is 446 g/mol. The van der Waals surface area contributed by atoms with Gasteiger partial charge in [-0.05, 0) is 70.1 Å². The molecule has 0 saturated carbocycles. The molecule has 0 aliphatic heterocycles. The van der Waals surface area contributed by atoms with Crippen molar-refractivity contribution in [1.29, 1.82) is 0 Å². The molecule has 150 valence electrons. The number of hydrogen-bond acceptors (Lipinski definition) is 0. The maximum Gasteiger partial charge on any atom is 0.0406 e. The van der Waals surface area contributed by atoms with E-state index < -0.39 is 0 Å². The van der Waals surface area contributed by atoms with Crippen LogP contribution in [0.25, 0.3) is 21.5 Å². The second-order valence-corrected chi connectivity index (χ2v) is 8.23. The summed E-state index contributed by atoms with van der Waals surface area (Å²) in [5, 5.41) is 5.77. The fraction of sp³-hybridized carbons (Fsp3) is 0. The molecule has 0 aromatic heterocycles. The molecule has 0 amide bonds. The molecule has 2 heteroatoms. The summed E-state index contributed by atoms with van der Waals surface area (Å²) in [4.78, 5) is 0. The van der Waals surface area contributed by atoms with Crippen LogP contribution in [0.4, 0.5) is 0 Å². The highest BCUT2D eigenvalue weighted by atomic mass is 35.5. The van der Waals surface area contributed by atoms with Gasteiger partial charge in [0, 0.05) is 32.3 Å². The average Bonchev–Trinajstić information content (AvgIpc) is 2.83. The van der Waals surface area contributed by atoms with Crippen LogP contribution >= 0.6 is 23.2 Å². The van der Waals surface area contributed by atoms with E-state index in [1.165, 1.54) is 0 Å². The Bertz CT molecular complexity index is 1390. The van der Waals surface area contributed by atoms with Gasteiger partial charge in [0.15, 0.2) is 0 Å². The average molecular weight is 447 g/mol. The van der Waals surface area contributed by atoms with Crippen LogP contribution in [0, 0.1) is 23.7 Å². The molecule has 0 aliphatic carbocycles. The Balaban J connectivity index is 1.75. The van der Waals surface area contributed by atoms with E-state index in [0.717, 1.165) is 43.8 Å². The van der Waals surface area contributed by atoms with Crippen LogP contribution in [0.15, 0.2) is 97.1 Å². The molecule has 5 aromatic rings. The topological polar surface area (TPSA) is 0 Å². The maximum absolute atomic E-state index is 6.02. The lowest BCUT2D eigenvalue weighted by Crippen LogP contribution is -1.90. The molecule has 0 aliphatic rings. The zero-order valence-electron chi connectivity index (χ0n) is 17.0. The fourth-order valence-electron chi connectivity index (χ4n) is 3.73. The van der Waals surface area contributed by atoms with Crippen LogP contribution in [0.3, 0.4) is 0 Å². The fourth-order valence-corrected chi connectivity index (χ4v) is 3.99. The van der Waals surface area contributed by atoms with Crippen LogP contribution in [-0.4, -0.2) is 0 Å². The van der Waals surface area contributed by atoms with Gasteiger partial charge in [0.2, 0.25) is 0 Å². The maximum atomic E-state index is 6.02. The molecule has 0 bridgehead atoms. The predicted molar refractivity (Wildman–Crippen MR) is 136 cm³/mol. The highest BCUT2D eigenvalue weighted by molar-refractivity contribution is 6.30. The summed E-state index contributed by atoms with van der Waals surface area (Å²) in [5.74, 6) is 13.4. The molecule has 32 heavy (non-hydrogen) atoms. The van der Waals surface area contributed by atoms with E-state index in [1.54, 1.807) is 0 Å². The van der Waals surface area contributed by atoms with Crippen molar-refractivity contribution < 1.29 is 0 Å². The largest absolute Gasteiger partial charge is 0.0843 e. The van der Waals surface area contributed by atoms with Crippen molar-refractivity contribution in [3.8, 4) is 23.7 Å². The number of rotatable bonds is 0. The SMILES string of the molecule is Clc1ccc(C#Cc2c3ccccc3c(C#Cc3ccc(Cl)cc3)c3ccccc23)cc1. The van der Waals surface area contributed by atoms with Crippen molar-refractivity contribution in [2.75, 3.05) is 0 Å². The molecule has 0 heterocycles. The molecule has 0 fully saturated rings. The first-order valence-corrected chi connectivity index (χ1v) is 10.9. The molecule has 0 saturated heterocycles. The number of halogens is 2. The summed E-state index contributed by atoms with van der Waals surface area (Å²) < 4.78 is 0. The van der Waals surface area contributed by atoms with Gasteiger partial charge in [-0.15, -0.1) is 0 Å². The molecule has 5 rings (SSSR count). The van der Waals surface area contributed by atoms with E-state index in [1.807, 2.05) is 72.8 Å². The van der Waals surface area contributed by atoms with E-state index in [-0.39, 0.29) is 0 Å². The lowest BCUT2D eigenvalue weighted by Gasteiger charge is -2.10. The zero-order valence-corrected chi connectivity index (χ0v) is 18.5. The van der Waals surface area contributed by atoms with Gasteiger partial charge in [-0.2, -0.15) is 0 Å². The van der Waals surface area contributed by atoms with Crippen LogP contribution < -0.4 is 0 Å². The Kier molecular flexibility index (Phi) is 5.58. The lowest BCUT2D eigenvalue weighted by atomic mass is 9.92. The summed E-state index contributed by atoms with van der Waals surface area (Å²) in [6.07, 6.45) is 0. The third-order valence-electron chi connectivity index (χ3n) is 5.28. The van der Waals surface area contributed by atoms with Crippen molar-refractivity contribution in [2.45, 2.75) is 0 Å². The molecular formula is C30H16Cl2. The van der Waals surface area contributed by atoms with Gasteiger partial charge in [-0.1, -0.05) is 95.4 Å². The normalized spacial score (nSPS) is 10.3. The van der Waals surface area contributed by atoms with Gasteiger partial charge < -0.3 is 0 Å². The van der Waals surface area contributed by atoms with Crippen LogP contribution in [0.1, 0.15) is 22.3 Å². The van der Waals surface area contributed by atoms with Gasteiger partial charge >= 0.3 is 0 Å². The second-order valence-electron chi connectivity index (χ2n) is 7.35. The Morgan fingerprint density at radius 2 is 0.688 bits per heavy atom. The summed E-state index contributed by atoms with van der Waals surface area (Å²) in [6.45, 7) is 0. The third-order valence-corrected chi connectivity index (χ3v) is 5.79. The molecule has 0 spiro atoms. The Labute approximate surface area is 197 Å². The first-order chi connectivity index (χ1) is 15.7. The summed E-state index contributed by atoms with van der Waals surface area (Å²) >= 11 is 12.0. The van der Waals surface area contributed by atoms with Crippen molar-refractivity contribution in [3.05, 3.63) is 129 Å². The molecule has 0 radical (unpaired) electrons. The van der Waals surface area contributed by atoms with Gasteiger partial charge in [0.1, 0.15) is 0 Å². The molecule has 0 unspecified atom stereocenters. The number of benzene rings is 5. The highest BCUT2D eigenvalue weighted by Gasteiger charge is 2.11. The molecule has 0 N–H and O–H groups in total. The quantitative estimate of drug-likeness (QED) is 0.166. The van der Waals surface area contributed by atoms with Gasteiger partial charge in [0.25, 0.3) is 0 Å².